The second-order valence-corrected chi connectivity index (χ2v) is 6.40. The molecule has 0 saturated carbocycles. The first-order valence-corrected chi connectivity index (χ1v) is 8.62. The van der Waals surface area contributed by atoms with Gasteiger partial charge < -0.3 is 20.1 Å². The number of carbonyl (C=O) groups excluding carboxylic acids is 2. The third-order valence-corrected chi connectivity index (χ3v) is 4.06. The van der Waals surface area contributed by atoms with E-state index >= 15 is 0 Å². The van der Waals surface area contributed by atoms with Crippen LogP contribution < -0.4 is 15.4 Å². The van der Waals surface area contributed by atoms with Crippen molar-refractivity contribution in [1.82, 2.24) is 20.8 Å². The summed E-state index contributed by atoms with van der Waals surface area (Å²) >= 11 is 5.89. The predicted octanol–water partition coefficient (Wildman–Crippen LogP) is 2.39. The molecule has 154 valence electrons. The van der Waals surface area contributed by atoms with E-state index < -0.39 is 36.9 Å². The summed E-state index contributed by atoms with van der Waals surface area (Å²) in [5.74, 6) is -0.899. The monoisotopic (exact) mass is 430 g/mol. The molecular weight excluding hydrogens is 417 g/mol. The number of nitrogens with zero attached hydrogens (tertiary/aromatic N) is 2. The van der Waals surface area contributed by atoms with Crippen LogP contribution in [-0.2, 0) is 9.53 Å². The molecule has 3 rings (SSSR count). The van der Waals surface area contributed by atoms with Gasteiger partial charge in [0.15, 0.2) is 12.7 Å². The molecule has 1 saturated heterocycles. The number of benzene rings is 1. The van der Waals surface area contributed by atoms with E-state index in [9.17, 15) is 22.8 Å². The largest absolute Gasteiger partial charge is 0.467 e. The summed E-state index contributed by atoms with van der Waals surface area (Å²) in [5, 5.41) is 13.0. The number of cyclic esters (lactones) is 1. The summed E-state index contributed by atoms with van der Waals surface area (Å²) in [7, 11) is 0. The number of nitrogens with one attached hydrogen (secondary N) is 2. The number of ether oxygens (including phenoxy) is 2. The van der Waals surface area contributed by atoms with E-state index in [1.165, 1.54) is 12.1 Å². The first-order valence-electron chi connectivity index (χ1n) is 8.25. The SMILES string of the molecule is O=C1NC[C@@H](C(=O)NC(c2ccc(Cl)cc2)c2ccc(OCC(F)(F)F)nn2)O1. The lowest BCUT2D eigenvalue weighted by Crippen LogP contribution is -2.39. The molecule has 1 unspecified atom stereocenters. The fourth-order valence-corrected chi connectivity index (χ4v) is 2.60. The Kier molecular flexibility index (Phi) is 6.06. The fraction of sp³-hybridized carbons (Fsp3) is 0.294. The smallest absolute Gasteiger partial charge is 0.422 e. The Morgan fingerprint density at radius 2 is 2.00 bits per heavy atom. The average molecular weight is 431 g/mol. The number of aromatic nitrogens is 2. The third-order valence-electron chi connectivity index (χ3n) is 3.80. The van der Waals surface area contributed by atoms with Crippen LogP contribution in [-0.4, -0.2) is 47.6 Å². The number of hydrogen-bond acceptors (Lipinski definition) is 6. The molecule has 2 N–H and O–H groups in total. The molecule has 1 aromatic heterocycles. The number of halogens is 4. The van der Waals surface area contributed by atoms with E-state index in [2.05, 4.69) is 25.6 Å². The molecule has 2 aromatic rings. The maximum Gasteiger partial charge on any atom is 0.422 e. The molecule has 2 amide bonds. The van der Waals surface area contributed by atoms with Gasteiger partial charge in [-0.25, -0.2) is 4.79 Å². The van der Waals surface area contributed by atoms with Crippen molar-refractivity contribution in [2.75, 3.05) is 13.2 Å². The van der Waals surface area contributed by atoms with Crippen LogP contribution in [0.4, 0.5) is 18.0 Å². The average Bonchev–Trinajstić information content (AvgIpc) is 3.12. The molecule has 0 bridgehead atoms. The van der Waals surface area contributed by atoms with Gasteiger partial charge >= 0.3 is 12.3 Å². The summed E-state index contributed by atoms with van der Waals surface area (Å²) in [6.45, 7) is -1.49. The van der Waals surface area contributed by atoms with Gasteiger partial charge in [0, 0.05) is 11.1 Å². The molecule has 0 spiro atoms. The van der Waals surface area contributed by atoms with Crippen molar-refractivity contribution < 1.29 is 32.2 Å². The second-order valence-electron chi connectivity index (χ2n) is 5.97. The number of hydrogen-bond donors (Lipinski definition) is 2. The van der Waals surface area contributed by atoms with Crippen LogP contribution in [0, 0.1) is 0 Å². The number of alkyl carbamates (subject to hydrolysis) is 1. The van der Waals surface area contributed by atoms with Gasteiger partial charge in [-0.05, 0) is 23.8 Å². The highest BCUT2D eigenvalue weighted by Crippen LogP contribution is 2.24. The van der Waals surface area contributed by atoms with E-state index in [0.29, 0.717) is 10.6 Å². The zero-order valence-electron chi connectivity index (χ0n) is 14.6. The Balaban J connectivity index is 1.80. The molecule has 29 heavy (non-hydrogen) atoms. The molecule has 1 aromatic carbocycles. The summed E-state index contributed by atoms with van der Waals surface area (Å²) in [5.41, 5.74) is 0.815. The highest BCUT2D eigenvalue weighted by Gasteiger charge is 2.32. The van der Waals surface area contributed by atoms with Gasteiger partial charge in [-0.2, -0.15) is 13.2 Å². The van der Waals surface area contributed by atoms with Crippen molar-refractivity contribution in [3.8, 4) is 5.88 Å². The minimum Gasteiger partial charge on any atom is -0.467 e. The van der Waals surface area contributed by atoms with Crippen molar-refractivity contribution in [3.05, 3.63) is 52.7 Å². The minimum atomic E-state index is -4.51. The highest BCUT2D eigenvalue weighted by atomic mass is 35.5. The van der Waals surface area contributed by atoms with E-state index in [1.807, 2.05) is 0 Å². The minimum absolute atomic E-state index is 0.00784. The third kappa shape index (κ3) is 5.70. The Labute approximate surface area is 167 Å². The Hall–Kier alpha value is -3.08. The van der Waals surface area contributed by atoms with Crippen LogP contribution in [0.2, 0.25) is 5.02 Å². The molecule has 0 radical (unpaired) electrons. The van der Waals surface area contributed by atoms with E-state index in [1.54, 1.807) is 24.3 Å². The van der Waals surface area contributed by atoms with Gasteiger partial charge in [0.1, 0.15) is 0 Å². The highest BCUT2D eigenvalue weighted by molar-refractivity contribution is 6.30. The van der Waals surface area contributed by atoms with Gasteiger partial charge in [0.05, 0.1) is 18.3 Å². The lowest BCUT2D eigenvalue weighted by molar-refractivity contribution is -0.154. The number of carbonyl (C=O) groups is 2. The van der Waals surface area contributed by atoms with Crippen LogP contribution in [0.15, 0.2) is 36.4 Å². The summed E-state index contributed by atoms with van der Waals surface area (Å²) in [6.07, 6.45) is -6.24. The number of alkyl halides is 3. The van der Waals surface area contributed by atoms with Gasteiger partial charge in [0.2, 0.25) is 5.88 Å². The quantitative estimate of drug-likeness (QED) is 0.729. The van der Waals surface area contributed by atoms with Crippen molar-refractivity contribution in [2.45, 2.75) is 18.3 Å². The van der Waals surface area contributed by atoms with Crippen molar-refractivity contribution in [3.63, 3.8) is 0 Å². The van der Waals surface area contributed by atoms with Crippen LogP contribution in [0.3, 0.4) is 0 Å². The zero-order valence-corrected chi connectivity index (χ0v) is 15.3. The molecule has 2 atom stereocenters. The standard InChI is InChI=1S/C17H14ClF3N4O4/c18-10-3-1-9(2-4-10)14(23-15(26)12-7-22-16(27)29-12)11-5-6-13(25-24-11)28-8-17(19,20)21/h1-6,12,14H,7-8H2,(H,22,27)(H,23,26)/t12-,14?/m0/s1. The van der Waals surface area contributed by atoms with Crippen LogP contribution in [0.1, 0.15) is 17.3 Å². The van der Waals surface area contributed by atoms with E-state index in [-0.39, 0.29) is 18.1 Å². The fourth-order valence-electron chi connectivity index (χ4n) is 2.47. The Morgan fingerprint density at radius 1 is 1.28 bits per heavy atom. The molecule has 8 nitrogen and oxygen atoms in total. The van der Waals surface area contributed by atoms with Crippen molar-refractivity contribution in [2.24, 2.45) is 0 Å². The number of amides is 2. The lowest BCUT2D eigenvalue weighted by atomic mass is 10.0. The Morgan fingerprint density at radius 3 is 2.55 bits per heavy atom. The van der Waals surface area contributed by atoms with Crippen LogP contribution in [0.5, 0.6) is 5.88 Å². The van der Waals surface area contributed by atoms with Crippen LogP contribution >= 0.6 is 11.6 Å². The van der Waals surface area contributed by atoms with Gasteiger partial charge in [0.25, 0.3) is 5.91 Å². The van der Waals surface area contributed by atoms with Gasteiger partial charge in [-0.15, -0.1) is 10.2 Å². The maximum atomic E-state index is 12.4. The number of rotatable bonds is 6. The molecule has 2 heterocycles. The van der Waals surface area contributed by atoms with Crippen molar-refractivity contribution in [1.29, 1.82) is 0 Å². The second kappa shape index (κ2) is 8.52. The van der Waals surface area contributed by atoms with Gasteiger partial charge in [-0.3, -0.25) is 4.79 Å². The van der Waals surface area contributed by atoms with Gasteiger partial charge in [-0.1, -0.05) is 23.7 Å². The molecular formula is C17H14ClF3N4O4. The molecule has 1 aliphatic rings. The first-order chi connectivity index (χ1) is 13.7. The topological polar surface area (TPSA) is 102 Å². The molecule has 0 aliphatic carbocycles. The zero-order chi connectivity index (χ0) is 21.0. The lowest BCUT2D eigenvalue weighted by Gasteiger charge is -2.20. The summed E-state index contributed by atoms with van der Waals surface area (Å²) in [4.78, 5) is 23.6. The summed E-state index contributed by atoms with van der Waals surface area (Å²) in [6, 6.07) is 8.24. The molecule has 12 heteroatoms. The molecule has 1 aliphatic heterocycles. The maximum absolute atomic E-state index is 12.4. The van der Waals surface area contributed by atoms with Crippen LogP contribution in [0.25, 0.3) is 0 Å². The predicted molar refractivity (Wildman–Crippen MR) is 93.3 cm³/mol. The normalized spacial score (nSPS) is 17.2. The summed E-state index contributed by atoms with van der Waals surface area (Å²) < 4.78 is 46.1. The Bertz CT molecular complexity index is 878. The van der Waals surface area contributed by atoms with Crippen molar-refractivity contribution >= 4 is 23.6 Å². The van der Waals surface area contributed by atoms with E-state index in [4.69, 9.17) is 16.3 Å². The van der Waals surface area contributed by atoms with E-state index in [0.717, 1.165) is 0 Å². The molecule has 1 fully saturated rings. The first kappa shape index (κ1) is 20.6.